The molecule has 0 radical (unpaired) electrons. The van der Waals surface area contributed by atoms with Crippen LogP contribution in [0.1, 0.15) is 11.1 Å². The summed E-state index contributed by atoms with van der Waals surface area (Å²) in [6, 6.07) is 6.07. The van der Waals surface area contributed by atoms with E-state index in [1.54, 1.807) is 0 Å². The zero-order valence-corrected chi connectivity index (χ0v) is 11.3. The van der Waals surface area contributed by atoms with Crippen LogP contribution in [0.5, 0.6) is 0 Å². The molecule has 3 nitrogen and oxygen atoms in total. The highest BCUT2D eigenvalue weighted by Gasteiger charge is 2.13. The average Bonchev–Trinajstić information content (AvgIpc) is 2.30. The molecule has 94 valence electrons. The van der Waals surface area contributed by atoms with Gasteiger partial charge in [-0.05, 0) is 37.2 Å². The molecule has 0 spiro atoms. The average molecular weight is 254 g/mol. The number of hydrogen-bond acceptors (Lipinski definition) is 3. The lowest BCUT2D eigenvalue weighted by molar-refractivity contribution is 0.102. The molecule has 1 aromatic carbocycles. The van der Waals surface area contributed by atoms with Crippen LogP contribution in [0, 0.1) is 6.92 Å². The maximum absolute atomic E-state index is 5.95. The first-order valence-electron chi connectivity index (χ1n) is 6.07. The normalized spacial score (nSPS) is 18.5. The molecule has 0 bridgehead atoms. The molecule has 2 rings (SSSR count). The summed E-state index contributed by atoms with van der Waals surface area (Å²) < 4.78 is 0. The summed E-state index contributed by atoms with van der Waals surface area (Å²) in [5, 5.41) is 3.11. The van der Waals surface area contributed by atoms with Crippen LogP contribution in [0.3, 0.4) is 0 Å². The second-order valence-electron chi connectivity index (χ2n) is 4.70. The van der Waals surface area contributed by atoms with E-state index in [0.717, 1.165) is 37.7 Å². The molecule has 4 heteroatoms. The van der Waals surface area contributed by atoms with Crippen molar-refractivity contribution in [1.82, 2.24) is 15.3 Å². The van der Waals surface area contributed by atoms with Crippen LogP contribution < -0.4 is 5.43 Å². The standard InChI is InChI=1S/C13H20ClN3/c1-11-9-13(14)4-3-12(11)10-15-17-7-5-16(2)6-8-17/h3-4,9,15H,5-8,10H2,1-2H3. The van der Waals surface area contributed by atoms with Gasteiger partial charge < -0.3 is 4.90 Å². The van der Waals surface area contributed by atoms with Crippen LogP contribution >= 0.6 is 11.6 Å². The second kappa shape index (κ2) is 5.83. The third kappa shape index (κ3) is 3.68. The van der Waals surface area contributed by atoms with Crippen molar-refractivity contribution >= 4 is 11.6 Å². The minimum absolute atomic E-state index is 0.811. The van der Waals surface area contributed by atoms with E-state index in [9.17, 15) is 0 Å². The summed E-state index contributed by atoms with van der Waals surface area (Å²) in [5.41, 5.74) is 6.04. The summed E-state index contributed by atoms with van der Waals surface area (Å²) in [7, 11) is 2.17. The lowest BCUT2D eigenvalue weighted by atomic mass is 10.1. The van der Waals surface area contributed by atoms with Gasteiger partial charge in [0.15, 0.2) is 0 Å². The Morgan fingerprint density at radius 2 is 1.94 bits per heavy atom. The van der Waals surface area contributed by atoms with Gasteiger partial charge in [-0.15, -0.1) is 0 Å². The first-order chi connectivity index (χ1) is 8.15. The van der Waals surface area contributed by atoms with Crippen molar-refractivity contribution < 1.29 is 0 Å². The van der Waals surface area contributed by atoms with E-state index in [1.807, 2.05) is 12.1 Å². The van der Waals surface area contributed by atoms with E-state index in [4.69, 9.17) is 11.6 Å². The molecule has 1 fully saturated rings. The minimum atomic E-state index is 0.811. The Labute approximate surface area is 108 Å². The summed E-state index contributed by atoms with van der Waals surface area (Å²) in [6.45, 7) is 7.42. The Balaban J connectivity index is 1.85. The summed E-state index contributed by atoms with van der Waals surface area (Å²) in [4.78, 5) is 2.35. The van der Waals surface area contributed by atoms with Gasteiger partial charge in [0.1, 0.15) is 0 Å². The number of benzene rings is 1. The predicted molar refractivity (Wildman–Crippen MR) is 72.1 cm³/mol. The molecule has 1 aliphatic heterocycles. The highest BCUT2D eigenvalue weighted by Crippen LogP contribution is 2.15. The zero-order chi connectivity index (χ0) is 12.3. The number of hydrazine groups is 1. The fourth-order valence-electron chi connectivity index (χ4n) is 2.02. The van der Waals surface area contributed by atoms with Crippen molar-refractivity contribution in [1.29, 1.82) is 0 Å². The zero-order valence-electron chi connectivity index (χ0n) is 10.5. The van der Waals surface area contributed by atoms with Gasteiger partial charge in [-0.3, -0.25) is 5.43 Å². The highest BCUT2D eigenvalue weighted by molar-refractivity contribution is 6.30. The van der Waals surface area contributed by atoms with E-state index in [0.29, 0.717) is 0 Å². The second-order valence-corrected chi connectivity index (χ2v) is 5.13. The van der Waals surface area contributed by atoms with Crippen LogP contribution in [-0.2, 0) is 6.54 Å². The number of halogens is 1. The van der Waals surface area contributed by atoms with Gasteiger partial charge in [0.05, 0.1) is 0 Å². The summed E-state index contributed by atoms with van der Waals surface area (Å²) in [5.74, 6) is 0. The van der Waals surface area contributed by atoms with Crippen LogP contribution in [0.4, 0.5) is 0 Å². The van der Waals surface area contributed by atoms with Crippen LogP contribution in [-0.4, -0.2) is 43.1 Å². The van der Waals surface area contributed by atoms with E-state index >= 15 is 0 Å². The predicted octanol–water partition coefficient (Wildman–Crippen LogP) is 1.90. The quantitative estimate of drug-likeness (QED) is 0.888. The lowest BCUT2D eigenvalue weighted by Gasteiger charge is -2.32. The molecule has 0 saturated carbocycles. The van der Waals surface area contributed by atoms with Gasteiger partial charge >= 0.3 is 0 Å². The molecule has 1 saturated heterocycles. The third-order valence-corrected chi connectivity index (χ3v) is 3.54. The fourth-order valence-corrected chi connectivity index (χ4v) is 2.25. The van der Waals surface area contributed by atoms with Crippen LogP contribution in [0.25, 0.3) is 0 Å². The number of likely N-dealkylation sites (N-methyl/N-ethyl adjacent to an activating group) is 1. The molecule has 0 amide bonds. The topological polar surface area (TPSA) is 18.5 Å². The Bertz CT molecular complexity index is 373. The molecule has 1 N–H and O–H groups in total. The number of rotatable bonds is 3. The Morgan fingerprint density at radius 3 is 2.59 bits per heavy atom. The number of piperazine rings is 1. The van der Waals surface area contributed by atoms with E-state index in [2.05, 4.69) is 35.4 Å². The molecule has 0 unspecified atom stereocenters. The first kappa shape index (κ1) is 12.8. The van der Waals surface area contributed by atoms with E-state index in [1.165, 1.54) is 11.1 Å². The van der Waals surface area contributed by atoms with Crippen LogP contribution in [0.15, 0.2) is 18.2 Å². The number of hydrogen-bond donors (Lipinski definition) is 1. The van der Waals surface area contributed by atoms with Gasteiger partial charge in [0.25, 0.3) is 0 Å². The smallest absolute Gasteiger partial charge is 0.0408 e. The van der Waals surface area contributed by atoms with Gasteiger partial charge in [0, 0.05) is 37.7 Å². The molecule has 0 aliphatic carbocycles. The van der Waals surface area contributed by atoms with Crippen molar-refractivity contribution in [3.8, 4) is 0 Å². The van der Waals surface area contributed by atoms with Crippen molar-refractivity contribution in [3.63, 3.8) is 0 Å². The van der Waals surface area contributed by atoms with Crippen molar-refractivity contribution in [2.75, 3.05) is 33.2 Å². The van der Waals surface area contributed by atoms with Crippen molar-refractivity contribution in [2.45, 2.75) is 13.5 Å². The Kier molecular flexibility index (Phi) is 4.40. The maximum atomic E-state index is 5.95. The molecule has 17 heavy (non-hydrogen) atoms. The van der Waals surface area contributed by atoms with Gasteiger partial charge in [0.2, 0.25) is 0 Å². The molecular weight excluding hydrogens is 234 g/mol. The van der Waals surface area contributed by atoms with Crippen LogP contribution in [0.2, 0.25) is 5.02 Å². The molecule has 1 heterocycles. The van der Waals surface area contributed by atoms with Gasteiger partial charge in [-0.2, -0.15) is 0 Å². The monoisotopic (exact) mass is 253 g/mol. The minimum Gasteiger partial charge on any atom is -0.304 e. The number of nitrogens with zero attached hydrogens (tertiary/aromatic N) is 2. The lowest BCUT2D eigenvalue weighted by Crippen LogP contribution is -2.50. The fraction of sp³-hybridized carbons (Fsp3) is 0.538. The summed E-state index contributed by atoms with van der Waals surface area (Å²) >= 11 is 5.95. The maximum Gasteiger partial charge on any atom is 0.0408 e. The molecule has 0 atom stereocenters. The number of aryl methyl sites for hydroxylation is 1. The van der Waals surface area contributed by atoms with Gasteiger partial charge in [-0.1, -0.05) is 17.7 Å². The highest BCUT2D eigenvalue weighted by atomic mass is 35.5. The van der Waals surface area contributed by atoms with Crippen molar-refractivity contribution in [2.24, 2.45) is 0 Å². The summed E-state index contributed by atoms with van der Waals surface area (Å²) in [6.07, 6.45) is 0. The molecule has 0 aromatic heterocycles. The van der Waals surface area contributed by atoms with E-state index < -0.39 is 0 Å². The molecular formula is C13H20ClN3. The van der Waals surface area contributed by atoms with E-state index in [-0.39, 0.29) is 0 Å². The molecule has 1 aromatic rings. The van der Waals surface area contributed by atoms with Crippen molar-refractivity contribution in [3.05, 3.63) is 34.3 Å². The Morgan fingerprint density at radius 1 is 1.24 bits per heavy atom. The van der Waals surface area contributed by atoms with Gasteiger partial charge in [-0.25, -0.2) is 5.01 Å². The first-order valence-corrected chi connectivity index (χ1v) is 6.45. The SMILES string of the molecule is Cc1cc(Cl)ccc1CNN1CCN(C)CC1. The third-order valence-electron chi connectivity index (χ3n) is 3.30. The largest absolute Gasteiger partial charge is 0.304 e. The Hall–Kier alpha value is -0.610. The molecule has 1 aliphatic rings. The number of nitrogens with one attached hydrogen (secondary N) is 1.